The molecule has 0 saturated carbocycles. The second-order valence-electron chi connectivity index (χ2n) is 7.29. The molecule has 0 spiro atoms. The van der Waals surface area contributed by atoms with Gasteiger partial charge in [-0.25, -0.2) is 13.1 Å². The summed E-state index contributed by atoms with van der Waals surface area (Å²) in [5, 5.41) is 0. The largest absolute Gasteiger partial charge is 0.339 e. The van der Waals surface area contributed by atoms with Crippen LogP contribution in [0.4, 0.5) is 0 Å². The highest BCUT2D eigenvalue weighted by Gasteiger charge is 2.26. The number of amides is 1. The van der Waals surface area contributed by atoms with Crippen LogP contribution >= 0.6 is 0 Å². The second kappa shape index (κ2) is 7.44. The molecule has 0 radical (unpaired) electrons. The Morgan fingerprint density at radius 2 is 1.67 bits per heavy atom. The Kier molecular flexibility index (Phi) is 5.02. The molecule has 1 fully saturated rings. The van der Waals surface area contributed by atoms with E-state index in [0.717, 1.165) is 50.8 Å². The molecule has 6 heteroatoms. The lowest BCUT2D eigenvalue weighted by Gasteiger charge is -2.26. The highest BCUT2D eigenvalue weighted by atomic mass is 32.2. The minimum absolute atomic E-state index is 0.0226. The number of hydrogen-bond donors (Lipinski definition) is 1. The van der Waals surface area contributed by atoms with Crippen molar-refractivity contribution in [2.45, 2.75) is 43.0 Å². The average Bonchev–Trinajstić information content (AvgIpc) is 3.22. The summed E-state index contributed by atoms with van der Waals surface area (Å²) in [4.78, 5) is 14.4. The molecule has 1 amide bonds. The van der Waals surface area contributed by atoms with Gasteiger partial charge in [0.1, 0.15) is 0 Å². The molecular weight excluding hydrogens is 360 g/mol. The molecule has 1 heterocycles. The third-order valence-corrected chi connectivity index (χ3v) is 6.96. The predicted octanol–water partition coefficient (Wildman–Crippen LogP) is 3.28. The van der Waals surface area contributed by atoms with E-state index >= 15 is 0 Å². The number of benzene rings is 2. The first-order valence-corrected chi connectivity index (χ1v) is 11.0. The molecule has 1 atom stereocenters. The quantitative estimate of drug-likeness (QED) is 0.880. The number of sulfonamides is 1. The van der Waals surface area contributed by atoms with Gasteiger partial charge in [-0.05, 0) is 67.5 Å². The van der Waals surface area contributed by atoms with Crippen LogP contribution in [0, 0.1) is 0 Å². The Morgan fingerprint density at radius 1 is 0.963 bits per heavy atom. The zero-order valence-electron chi connectivity index (χ0n) is 15.2. The molecule has 1 aliphatic heterocycles. The number of nitrogens with one attached hydrogen (secondary N) is 1. The third-order valence-electron chi connectivity index (χ3n) is 5.47. The molecule has 142 valence electrons. The van der Waals surface area contributed by atoms with Gasteiger partial charge in [0.2, 0.25) is 10.0 Å². The molecule has 1 saturated heterocycles. The van der Waals surface area contributed by atoms with Crippen molar-refractivity contribution in [3.05, 3.63) is 65.2 Å². The summed E-state index contributed by atoms with van der Waals surface area (Å²) in [7, 11) is -3.64. The summed E-state index contributed by atoms with van der Waals surface area (Å²) in [6.45, 7) is 1.56. The van der Waals surface area contributed by atoms with E-state index in [-0.39, 0.29) is 16.8 Å². The van der Waals surface area contributed by atoms with Crippen molar-refractivity contribution in [3.63, 3.8) is 0 Å². The molecule has 1 N–H and O–H groups in total. The van der Waals surface area contributed by atoms with Crippen LogP contribution in [0.25, 0.3) is 0 Å². The van der Waals surface area contributed by atoms with Crippen LogP contribution in [-0.2, 0) is 16.4 Å². The van der Waals surface area contributed by atoms with Gasteiger partial charge < -0.3 is 4.90 Å². The van der Waals surface area contributed by atoms with Crippen LogP contribution in [0.5, 0.6) is 0 Å². The standard InChI is InChI=1S/C21H24N2O3S/c24-21(23-14-3-4-15-23)17-10-12-18(13-11-17)27(25,26)22-20-9-5-7-16-6-1-2-8-19(16)20/h1-2,6,8,10-13,20,22H,3-5,7,9,14-15H2. The molecule has 4 rings (SSSR count). The van der Waals surface area contributed by atoms with Gasteiger partial charge in [0.05, 0.1) is 4.90 Å². The first-order chi connectivity index (χ1) is 13.0. The Bertz CT molecular complexity index is 932. The SMILES string of the molecule is O=C(c1ccc(S(=O)(=O)NC2CCCc3ccccc32)cc1)N1CCCC1. The van der Waals surface area contributed by atoms with Crippen molar-refractivity contribution in [2.24, 2.45) is 0 Å². The number of aryl methyl sites for hydroxylation is 1. The first kappa shape index (κ1) is 18.2. The van der Waals surface area contributed by atoms with Crippen molar-refractivity contribution in [1.29, 1.82) is 0 Å². The zero-order chi connectivity index (χ0) is 18.9. The third kappa shape index (κ3) is 3.77. The number of carbonyl (C=O) groups excluding carboxylic acids is 1. The van der Waals surface area contributed by atoms with Crippen molar-refractivity contribution in [1.82, 2.24) is 9.62 Å². The molecule has 2 aromatic carbocycles. The lowest BCUT2D eigenvalue weighted by Crippen LogP contribution is -2.31. The van der Waals surface area contributed by atoms with E-state index in [0.29, 0.717) is 5.56 Å². The lowest BCUT2D eigenvalue weighted by molar-refractivity contribution is 0.0792. The predicted molar refractivity (Wildman–Crippen MR) is 104 cm³/mol. The highest BCUT2D eigenvalue weighted by Crippen LogP contribution is 2.30. The maximum Gasteiger partial charge on any atom is 0.253 e. The first-order valence-electron chi connectivity index (χ1n) is 9.54. The van der Waals surface area contributed by atoms with E-state index in [1.54, 1.807) is 12.1 Å². The van der Waals surface area contributed by atoms with Crippen molar-refractivity contribution in [2.75, 3.05) is 13.1 Å². The van der Waals surface area contributed by atoms with Crippen molar-refractivity contribution < 1.29 is 13.2 Å². The normalized spacial score (nSPS) is 19.7. The zero-order valence-corrected chi connectivity index (χ0v) is 16.0. The number of rotatable bonds is 4. The Morgan fingerprint density at radius 3 is 2.41 bits per heavy atom. The highest BCUT2D eigenvalue weighted by molar-refractivity contribution is 7.89. The summed E-state index contributed by atoms with van der Waals surface area (Å²) in [5.74, 6) is -0.0226. The maximum absolute atomic E-state index is 12.8. The van der Waals surface area contributed by atoms with Gasteiger partial charge >= 0.3 is 0 Å². The van der Waals surface area contributed by atoms with Crippen LogP contribution in [0.1, 0.15) is 53.2 Å². The van der Waals surface area contributed by atoms with E-state index in [4.69, 9.17) is 0 Å². The molecular formula is C21H24N2O3S. The Balaban J connectivity index is 1.52. The molecule has 5 nitrogen and oxygen atoms in total. The Labute approximate surface area is 160 Å². The van der Waals surface area contributed by atoms with E-state index in [9.17, 15) is 13.2 Å². The van der Waals surface area contributed by atoms with Crippen LogP contribution in [0.3, 0.4) is 0 Å². The fourth-order valence-electron chi connectivity index (χ4n) is 4.01. The maximum atomic E-state index is 12.8. The summed E-state index contributed by atoms with van der Waals surface area (Å²) in [6.07, 6.45) is 4.81. The van der Waals surface area contributed by atoms with Gasteiger partial charge in [-0.15, -0.1) is 0 Å². The van der Waals surface area contributed by atoms with Crippen LogP contribution in [-0.4, -0.2) is 32.3 Å². The topological polar surface area (TPSA) is 66.5 Å². The molecule has 1 aliphatic carbocycles. The number of nitrogens with zero attached hydrogens (tertiary/aromatic N) is 1. The Hall–Kier alpha value is -2.18. The second-order valence-corrected chi connectivity index (χ2v) is 9.00. The molecule has 2 aliphatic rings. The summed E-state index contributed by atoms with van der Waals surface area (Å²) in [5.41, 5.74) is 2.81. The fraction of sp³-hybridized carbons (Fsp3) is 0.381. The van der Waals surface area contributed by atoms with Gasteiger partial charge in [-0.3, -0.25) is 4.79 Å². The summed E-state index contributed by atoms with van der Waals surface area (Å²) < 4.78 is 28.5. The van der Waals surface area contributed by atoms with Crippen LogP contribution in [0.2, 0.25) is 0 Å². The van der Waals surface area contributed by atoms with Gasteiger partial charge in [0, 0.05) is 24.7 Å². The van der Waals surface area contributed by atoms with E-state index in [2.05, 4.69) is 10.8 Å². The van der Waals surface area contributed by atoms with E-state index in [1.807, 2.05) is 23.1 Å². The molecule has 0 bridgehead atoms. The van der Waals surface area contributed by atoms with Gasteiger partial charge in [-0.2, -0.15) is 0 Å². The molecule has 27 heavy (non-hydrogen) atoms. The minimum atomic E-state index is -3.64. The number of carbonyl (C=O) groups is 1. The average molecular weight is 385 g/mol. The molecule has 1 unspecified atom stereocenters. The monoisotopic (exact) mass is 384 g/mol. The summed E-state index contributed by atoms with van der Waals surface area (Å²) in [6, 6.07) is 14.1. The lowest BCUT2D eigenvalue weighted by atomic mass is 9.88. The van der Waals surface area contributed by atoms with Gasteiger partial charge in [-0.1, -0.05) is 24.3 Å². The van der Waals surface area contributed by atoms with Crippen molar-refractivity contribution in [3.8, 4) is 0 Å². The van der Waals surface area contributed by atoms with Gasteiger partial charge in [0.25, 0.3) is 5.91 Å². The number of hydrogen-bond acceptors (Lipinski definition) is 3. The van der Waals surface area contributed by atoms with E-state index < -0.39 is 10.0 Å². The van der Waals surface area contributed by atoms with Crippen LogP contribution < -0.4 is 4.72 Å². The number of fused-ring (bicyclic) bond motifs is 1. The molecule has 2 aromatic rings. The number of likely N-dealkylation sites (tertiary alicyclic amines) is 1. The smallest absolute Gasteiger partial charge is 0.253 e. The molecule has 0 aromatic heterocycles. The van der Waals surface area contributed by atoms with E-state index in [1.165, 1.54) is 17.7 Å². The van der Waals surface area contributed by atoms with Crippen LogP contribution in [0.15, 0.2) is 53.4 Å². The minimum Gasteiger partial charge on any atom is -0.339 e. The summed E-state index contributed by atoms with van der Waals surface area (Å²) >= 11 is 0. The fourth-order valence-corrected chi connectivity index (χ4v) is 5.26. The van der Waals surface area contributed by atoms with Crippen molar-refractivity contribution >= 4 is 15.9 Å². The van der Waals surface area contributed by atoms with Gasteiger partial charge in [0.15, 0.2) is 0 Å².